The largest absolute Gasteiger partial charge is 0.335 e. The van der Waals surface area contributed by atoms with Crippen LogP contribution in [0.3, 0.4) is 0 Å². The minimum Gasteiger partial charge on any atom is -0.335 e. The predicted molar refractivity (Wildman–Crippen MR) is 84.2 cm³/mol. The van der Waals surface area contributed by atoms with Crippen LogP contribution in [0.4, 0.5) is 4.79 Å². The van der Waals surface area contributed by atoms with Gasteiger partial charge in [0.2, 0.25) is 0 Å². The second kappa shape index (κ2) is 7.49. The Hall–Kier alpha value is -2.50. The third kappa shape index (κ3) is 4.80. The number of amides is 2. The Kier molecular flexibility index (Phi) is 5.41. The second-order valence-corrected chi connectivity index (χ2v) is 5.38. The van der Waals surface area contributed by atoms with E-state index in [0.717, 1.165) is 17.1 Å². The van der Waals surface area contributed by atoms with Gasteiger partial charge in [-0.05, 0) is 26.0 Å². The van der Waals surface area contributed by atoms with Gasteiger partial charge in [0, 0.05) is 43.3 Å². The van der Waals surface area contributed by atoms with Crippen LogP contribution in [0.15, 0.2) is 36.8 Å². The number of nitrogens with one attached hydrogen (secondary N) is 1. The lowest BCUT2D eigenvalue weighted by Gasteiger charge is -2.21. The van der Waals surface area contributed by atoms with Gasteiger partial charge in [-0.25, -0.2) is 4.79 Å². The molecule has 2 aromatic rings. The number of aromatic nitrogens is 3. The van der Waals surface area contributed by atoms with E-state index in [1.165, 1.54) is 0 Å². The van der Waals surface area contributed by atoms with Gasteiger partial charge >= 0.3 is 6.03 Å². The molecule has 2 amide bonds. The number of aryl methyl sites for hydroxylation is 1. The Morgan fingerprint density at radius 2 is 2.14 bits per heavy atom. The minimum atomic E-state index is -0.134. The quantitative estimate of drug-likeness (QED) is 0.916. The van der Waals surface area contributed by atoms with Crippen molar-refractivity contribution in [3.63, 3.8) is 0 Å². The average molecular weight is 299 g/mol. The first-order valence-electron chi connectivity index (χ1n) is 7.23. The molecular weight excluding hydrogens is 278 g/mol. The Balaban J connectivity index is 1.85. The zero-order chi connectivity index (χ0) is 15.9. The van der Waals surface area contributed by atoms with E-state index in [9.17, 15) is 4.79 Å². The van der Waals surface area contributed by atoms with E-state index in [0.29, 0.717) is 13.0 Å². The van der Waals surface area contributed by atoms with Crippen molar-refractivity contribution in [2.45, 2.75) is 32.9 Å². The van der Waals surface area contributed by atoms with Gasteiger partial charge < -0.3 is 10.2 Å². The molecule has 0 aliphatic heterocycles. The average Bonchev–Trinajstić information content (AvgIpc) is 2.48. The van der Waals surface area contributed by atoms with Crippen LogP contribution < -0.4 is 5.32 Å². The van der Waals surface area contributed by atoms with Crippen molar-refractivity contribution in [1.29, 1.82) is 0 Å². The van der Waals surface area contributed by atoms with Crippen molar-refractivity contribution >= 4 is 6.03 Å². The lowest BCUT2D eigenvalue weighted by Crippen LogP contribution is -2.42. The molecule has 0 aliphatic rings. The molecular formula is C16H21N5O. The van der Waals surface area contributed by atoms with E-state index in [-0.39, 0.29) is 12.1 Å². The molecule has 116 valence electrons. The van der Waals surface area contributed by atoms with Crippen molar-refractivity contribution < 1.29 is 4.79 Å². The molecule has 6 heteroatoms. The second-order valence-electron chi connectivity index (χ2n) is 5.38. The minimum absolute atomic E-state index is 0.00566. The highest BCUT2D eigenvalue weighted by molar-refractivity contribution is 5.74. The number of nitrogens with zero attached hydrogens (tertiary/aromatic N) is 4. The fourth-order valence-electron chi connectivity index (χ4n) is 2.13. The third-order valence-electron chi connectivity index (χ3n) is 3.19. The fourth-order valence-corrected chi connectivity index (χ4v) is 2.13. The number of pyridine rings is 1. The summed E-state index contributed by atoms with van der Waals surface area (Å²) in [5.41, 5.74) is 2.72. The van der Waals surface area contributed by atoms with E-state index >= 15 is 0 Å². The predicted octanol–water partition coefficient (Wildman–Crippen LogP) is 1.95. The zero-order valence-electron chi connectivity index (χ0n) is 13.2. The van der Waals surface area contributed by atoms with Crippen LogP contribution in [0.5, 0.6) is 0 Å². The molecule has 2 aromatic heterocycles. The maximum Gasteiger partial charge on any atom is 0.317 e. The van der Waals surface area contributed by atoms with Crippen LogP contribution in [0, 0.1) is 6.92 Å². The van der Waals surface area contributed by atoms with Gasteiger partial charge in [0.15, 0.2) is 0 Å². The summed E-state index contributed by atoms with van der Waals surface area (Å²) in [6.45, 7) is 4.36. The van der Waals surface area contributed by atoms with Gasteiger partial charge in [0.25, 0.3) is 0 Å². The highest BCUT2D eigenvalue weighted by Gasteiger charge is 2.13. The van der Waals surface area contributed by atoms with E-state index in [2.05, 4.69) is 20.3 Å². The first-order valence-corrected chi connectivity index (χ1v) is 7.23. The van der Waals surface area contributed by atoms with Crippen molar-refractivity contribution in [2.24, 2.45) is 0 Å². The Morgan fingerprint density at radius 3 is 2.82 bits per heavy atom. The van der Waals surface area contributed by atoms with E-state index < -0.39 is 0 Å². The van der Waals surface area contributed by atoms with Gasteiger partial charge in [-0.3, -0.25) is 15.0 Å². The number of hydrogen-bond acceptors (Lipinski definition) is 4. The van der Waals surface area contributed by atoms with Gasteiger partial charge in [0.1, 0.15) is 0 Å². The topological polar surface area (TPSA) is 71.0 Å². The summed E-state index contributed by atoms with van der Waals surface area (Å²) < 4.78 is 0. The van der Waals surface area contributed by atoms with Crippen LogP contribution in [0.1, 0.15) is 24.0 Å². The zero-order valence-corrected chi connectivity index (χ0v) is 13.2. The first kappa shape index (κ1) is 15.9. The fraction of sp³-hybridized carbons (Fsp3) is 0.375. The highest BCUT2D eigenvalue weighted by Crippen LogP contribution is 2.03. The first-order chi connectivity index (χ1) is 10.5. The monoisotopic (exact) mass is 299 g/mol. The van der Waals surface area contributed by atoms with Crippen molar-refractivity contribution in [1.82, 2.24) is 25.2 Å². The number of urea groups is 1. The standard InChI is InChI=1S/C16H21N5O/c1-12-5-4-6-14(19-12)9-13(2)20-16(22)21(3)11-15-10-17-7-8-18-15/h4-8,10,13H,9,11H2,1-3H3,(H,20,22)/t13-/m1/s1. The van der Waals surface area contributed by atoms with Crippen LogP contribution in [0.25, 0.3) is 0 Å². The van der Waals surface area contributed by atoms with Gasteiger partial charge in [-0.15, -0.1) is 0 Å². The third-order valence-corrected chi connectivity index (χ3v) is 3.19. The Bertz CT molecular complexity index is 617. The number of hydrogen-bond donors (Lipinski definition) is 1. The van der Waals surface area contributed by atoms with Crippen molar-refractivity contribution in [3.8, 4) is 0 Å². The molecule has 0 radical (unpaired) electrons. The normalized spacial score (nSPS) is 11.8. The smallest absolute Gasteiger partial charge is 0.317 e. The Labute approximate surface area is 130 Å². The number of carbonyl (C=O) groups excluding carboxylic acids is 1. The lowest BCUT2D eigenvalue weighted by atomic mass is 10.1. The molecule has 0 fully saturated rings. The molecule has 0 aromatic carbocycles. The molecule has 6 nitrogen and oxygen atoms in total. The molecule has 2 heterocycles. The van der Waals surface area contributed by atoms with Gasteiger partial charge in [0.05, 0.1) is 18.4 Å². The number of carbonyl (C=O) groups is 1. The van der Waals surface area contributed by atoms with Gasteiger partial charge in [-0.2, -0.15) is 0 Å². The van der Waals surface area contributed by atoms with Crippen molar-refractivity contribution in [2.75, 3.05) is 7.05 Å². The Morgan fingerprint density at radius 1 is 1.32 bits per heavy atom. The molecule has 1 N–H and O–H groups in total. The number of rotatable bonds is 5. The molecule has 0 spiro atoms. The van der Waals surface area contributed by atoms with E-state index in [4.69, 9.17) is 0 Å². The summed E-state index contributed by atoms with van der Waals surface area (Å²) in [5, 5.41) is 2.97. The van der Waals surface area contributed by atoms with Gasteiger partial charge in [-0.1, -0.05) is 6.07 Å². The SMILES string of the molecule is Cc1cccc(C[C@@H](C)NC(=O)N(C)Cc2cnccn2)n1. The summed E-state index contributed by atoms with van der Waals surface area (Å²) in [6.07, 6.45) is 5.59. The summed E-state index contributed by atoms with van der Waals surface area (Å²) in [5.74, 6) is 0. The van der Waals surface area contributed by atoms with Crippen LogP contribution in [-0.4, -0.2) is 39.0 Å². The summed E-state index contributed by atoms with van der Waals surface area (Å²) in [6, 6.07) is 5.78. The maximum absolute atomic E-state index is 12.2. The molecule has 0 unspecified atom stereocenters. The lowest BCUT2D eigenvalue weighted by molar-refractivity contribution is 0.202. The summed E-state index contributed by atoms with van der Waals surface area (Å²) >= 11 is 0. The molecule has 1 atom stereocenters. The van der Waals surface area contributed by atoms with Crippen LogP contribution in [-0.2, 0) is 13.0 Å². The van der Waals surface area contributed by atoms with Crippen molar-refractivity contribution in [3.05, 3.63) is 53.9 Å². The van der Waals surface area contributed by atoms with Crippen LogP contribution in [0.2, 0.25) is 0 Å². The van der Waals surface area contributed by atoms with E-state index in [1.54, 1.807) is 30.5 Å². The molecule has 0 saturated carbocycles. The molecule has 0 aliphatic carbocycles. The molecule has 22 heavy (non-hydrogen) atoms. The molecule has 0 saturated heterocycles. The maximum atomic E-state index is 12.2. The van der Waals surface area contributed by atoms with E-state index in [1.807, 2.05) is 32.0 Å². The molecule has 0 bridgehead atoms. The summed E-state index contributed by atoms with van der Waals surface area (Å²) in [4.78, 5) is 26.4. The summed E-state index contributed by atoms with van der Waals surface area (Å²) in [7, 11) is 1.74. The molecule has 2 rings (SSSR count). The van der Waals surface area contributed by atoms with Crippen LogP contribution >= 0.6 is 0 Å². The highest BCUT2D eigenvalue weighted by atomic mass is 16.2.